The van der Waals surface area contributed by atoms with Gasteiger partial charge in [-0.3, -0.25) is 14.5 Å². The molecule has 2 aromatic rings. The van der Waals surface area contributed by atoms with Gasteiger partial charge in [0.1, 0.15) is 11.0 Å². The second kappa shape index (κ2) is 9.57. The van der Waals surface area contributed by atoms with Gasteiger partial charge >= 0.3 is 0 Å². The quantitative estimate of drug-likeness (QED) is 0.756. The van der Waals surface area contributed by atoms with E-state index in [1.165, 1.54) is 12.1 Å². The summed E-state index contributed by atoms with van der Waals surface area (Å²) in [5, 5.41) is 7.56. The van der Waals surface area contributed by atoms with Crippen molar-refractivity contribution in [3.05, 3.63) is 52.1 Å². The molecule has 2 heterocycles. The van der Waals surface area contributed by atoms with E-state index in [1.54, 1.807) is 28.6 Å². The number of carbonyl (C=O) groups excluding carboxylic acids is 2. The molecule has 7 nitrogen and oxygen atoms in total. The average Bonchev–Trinajstić information content (AvgIpc) is 2.96. The van der Waals surface area contributed by atoms with E-state index in [-0.39, 0.29) is 28.8 Å². The van der Waals surface area contributed by atoms with Crippen molar-refractivity contribution < 1.29 is 14.0 Å². The summed E-state index contributed by atoms with van der Waals surface area (Å²) in [6.07, 6.45) is 0. The smallest absolute Gasteiger partial charge is 0.258 e. The van der Waals surface area contributed by atoms with Crippen molar-refractivity contribution in [3.8, 4) is 0 Å². The van der Waals surface area contributed by atoms with Crippen molar-refractivity contribution in [2.75, 3.05) is 32.7 Å². The van der Waals surface area contributed by atoms with Crippen LogP contribution in [0.2, 0.25) is 5.15 Å². The predicted molar refractivity (Wildman–Crippen MR) is 113 cm³/mol. The van der Waals surface area contributed by atoms with Gasteiger partial charge in [0.2, 0.25) is 5.91 Å². The third kappa shape index (κ3) is 5.37. The molecule has 0 spiro atoms. The second-order valence-electron chi connectivity index (χ2n) is 7.83. The topological polar surface area (TPSA) is 70.5 Å². The van der Waals surface area contributed by atoms with Crippen LogP contribution in [0, 0.1) is 12.7 Å². The molecule has 0 saturated carbocycles. The summed E-state index contributed by atoms with van der Waals surface area (Å²) in [5.74, 6) is -0.474. The van der Waals surface area contributed by atoms with Crippen LogP contribution >= 0.6 is 11.6 Å². The molecule has 162 valence electrons. The molecule has 0 aliphatic carbocycles. The molecule has 9 heteroatoms. The number of amides is 2. The first kappa shape index (κ1) is 22.2. The summed E-state index contributed by atoms with van der Waals surface area (Å²) in [5.41, 5.74) is 1.80. The Labute approximate surface area is 180 Å². The lowest BCUT2D eigenvalue weighted by Crippen LogP contribution is -2.51. The number of halogens is 2. The van der Waals surface area contributed by atoms with Gasteiger partial charge in [0.25, 0.3) is 5.91 Å². The van der Waals surface area contributed by atoms with E-state index in [4.69, 9.17) is 11.6 Å². The van der Waals surface area contributed by atoms with E-state index in [0.717, 1.165) is 5.56 Å². The van der Waals surface area contributed by atoms with Crippen LogP contribution in [0.15, 0.2) is 24.3 Å². The monoisotopic (exact) mass is 435 g/mol. The van der Waals surface area contributed by atoms with Crippen molar-refractivity contribution in [2.45, 2.75) is 33.4 Å². The number of nitrogens with zero attached hydrogens (tertiary/aromatic N) is 4. The van der Waals surface area contributed by atoms with E-state index in [9.17, 15) is 14.0 Å². The highest BCUT2D eigenvalue weighted by Gasteiger charge is 2.28. The molecule has 2 amide bonds. The molecule has 0 unspecified atom stereocenters. The van der Waals surface area contributed by atoms with Gasteiger partial charge in [-0.2, -0.15) is 5.10 Å². The Morgan fingerprint density at radius 2 is 1.80 bits per heavy atom. The van der Waals surface area contributed by atoms with E-state index in [2.05, 4.69) is 10.4 Å². The van der Waals surface area contributed by atoms with Crippen molar-refractivity contribution in [2.24, 2.45) is 0 Å². The Morgan fingerprint density at radius 1 is 1.17 bits per heavy atom. The van der Waals surface area contributed by atoms with Crippen LogP contribution in [-0.2, 0) is 11.3 Å². The van der Waals surface area contributed by atoms with Crippen LogP contribution in [0.1, 0.15) is 35.5 Å². The summed E-state index contributed by atoms with van der Waals surface area (Å²) in [7, 11) is 0. The summed E-state index contributed by atoms with van der Waals surface area (Å²) >= 11 is 6.49. The minimum Gasteiger partial charge on any atom is -0.353 e. The molecule has 0 radical (unpaired) electrons. The third-order valence-corrected chi connectivity index (χ3v) is 5.39. The molecule has 1 aliphatic heterocycles. The minimum atomic E-state index is -0.307. The van der Waals surface area contributed by atoms with Crippen LogP contribution in [0.25, 0.3) is 0 Å². The molecule has 1 N–H and O–H groups in total. The molecule has 3 rings (SSSR count). The minimum absolute atomic E-state index is 0.00858. The van der Waals surface area contributed by atoms with E-state index in [0.29, 0.717) is 50.5 Å². The Hall–Kier alpha value is -2.45. The van der Waals surface area contributed by atoms with E-state index < -0.39 is 0 Å². The molecule has 1 aromatic carbocycles. The number of rotatable bonds is 6. The van der Waals surface area contributed by atoms with E-state index >= 15 is 0 Å². The van der Waals surface area contributed by atoms with Crippen molar-refractivity contribution in [3.63, 3.8) is 0 Å². The van der Waals surface area contributed by atoms with Crippen molar-refractivity contribution >= 4 is 23.4 Å². The zero-order valence-electron chi connectivity index (χ0n) is 17.5. The summed E-state index contributed by atoms with van der Waals surface area (Å²) in [6.45, 7) is 8.58. The second-order valence-corrected chi connectivity index (χ2v) is 8.18. The molecule has 1 saturated heterocycles. The Morgan fingerprint density at radius 3 is 2.40 bits per heavy atom. The maximum atomic E-state index is 13.1. The number of carbonyl (C=O) groups is 2. The molecule has 1 aromatic heterocycles. The highest BCUT2D eigenvalue weighted by Crippen LogP contribution is 2.23. The first-order chi connectivity index (χ1) is 14.2. The molecule has 30 heavy (non-hydrogen) atoms. The lowest BCUT2D eigenvalue weighted by atomic mass is 10.2. The molecular weight excluding hydrogens is 409 g/mol. The zero-order chi connectivity index (χ0) is 21.8. The van der Waals surface area contributed by atoms with E-state index in [1.807, 2.05) is 18.7 Å². The van der Waals surface area contributed by atoms with Gasteiger partial charge in [0.15, 0.2) is 0 Å². The molecule has 0 bridgehead atoms. The van der Waals surface area contributed by atoms with Gasteiger partial charge in [-0.25, -0.2) is 9.07 Å². The lowest BCUT2D eigenvalue weighted by molar-refractivity contribution is -0.123. The lowest BCUT2D eigenvalue weighted by Gasteiger charge is -2.34. The largest absolute Gasteiger partial charge is 0.353 e. The molecule has 0 atom stereocenters. The number of benzene rings is 1. The molecular formula is C21H27ClFN5O2. The highest BCUT2D eigenvalue weighted by molar-refractivity contribution is 6.33. The Kier molecular flexibility index (Phi) is 7.10. The SMILES string of the molecule is Cc1nn(Cc2ccc(F)cc2)c(Cl)c1C(=O)N1CCN(CC(=O)NC(C)C)CC1. The zero-order valence-corrected chi connectivity index (χ0v) is 18.2. The number of hydrogen-bond acceptors (Lipinski definition) is 4. The van der Waals surface area contributed by atoms with Gasteiger partial charge < -0.3 is 10.2 Å². The first-order valence-corrected chi connectivity index (χ1v) is 10.4. The predicted octanol–water partition coefficient (Wildman–Crippen LogP) is 2.31. The molecule has 1 fully saturated rings. The Bertz CT molecular complexity index is 905. The van der Waals surface area contributed by atoms with Crippen LogP contribution < -0.4 is 5.32 Å². The number of aromatic nitrogens is 2. The average molecular weight is 436 g/mol. The summed E-state index contributed by atoms with van der Waals surface area (Å²) in [4.78, 5) is 28.8. The highest BCUT2D eigenvalue weighted by atomic mass is 35.5. The number of piperazine rings is 1. The van der Waals surface area contributed by atoms with Crippen molar-refractivity contribution in [1.29, 1.82) is 0 Å². The number of aryl methyl sites for hydroxylation is 1. The van der Waals surface area contributed by atoms with Crippen LogP contribution in [0.5, 0.6) is 0 Å². The summed E-state index contributed by atoms with van der Waals surface area (Å²) < 4.78 is 14.7. The third-order valence-electron chi connectivity index (χ3n) is 5.00. The van der Waals surface area contributed by atoms with Gasteiger partial charge in [-0.1, -0.05) is 23.7 Å². The van der Waals surface area contributed by atoms with Crippen LogP contribution in [0.4, 0.5) is 4.39 Å². The van der Waals surface area contributed by atoms with Gasteiger partial charge in [0, 0.05) is 32.2 Å². The number of hydrogen-bond donors (Lipinski definition) is 1. The fourth-order valence-corrected chi connectivity index (χ4v) is 3.82. The van der Waals surface area contributed by atoms with Gasteiger partial charge in [-0.15, -0.1) is 0 Å². The van der Waals surface area contributed by atoms with Gasteiger partial charge in [0.05, 0.1) is 24.3 Å². The first-order valence-electron chi connectivity index (χ1n) is 10.0. The fourth-order valence-electron chi connectivity index (χ4n) is 3.50. The number of nitrogens with one attached hydrogen (secondary N) is 1. The summed E-state index contributed by atoms with van der Waals surface area (Å²) in [6, 6.07) is 6.20. The maximum absolute atomic E-state index is 13.1. The van der Waals surface area contributed by atoms with Crippen LogP contribution in [-0.4, -0.2) is 70.2 Å². The maximum Gasteiger partial charge on any atom is 0.258 e. The van der Waals surface area contributed by atoms with Crippen LogP contribution in [0.3, 0.4) is 0 Å². The molecule has 1 aliphatic rings. The Balaban J connectivity index is 1.63. The van der Waals surface area contributed by atoms with Crippen molar-refractivity contribution in [1.82, 2.24) is 24.9 Å². The fraction of sp³-hybridized carbons (Fsp3) is 0.476. The van der Waals surface area contributed by atoms with Gasteiger partial charge in [-0.05, 0) is 38.5 Å². The standard InChI is InChI=1S/C21H27ClFN5O2/c1-14(2)24-18(29)13-26-8-10-27(11-9-26)21(30)19-15(3)25-28(20(19)22)12-16-4-6-17(23)7-5-16/h4-7,14H,8-13H2,1-3H3,(H,24,29). The normalized spacial score (nSPS) is 14.9.